The molecule has 0 radical (unpaired) electrons. The van der Waals surface area contributed by atoms with E-state index in [9.17, 15) is 0 Å². The number of hydrogen-bond acceptors (Lipinski definition) is 2. The molecular weight excluding hydrogens is 556 g/mol. The van der Waals surface area contributed by atoms with Crippen molar-refractivity contribution in [2.24, 2.45) is 0 Å². The Balaban J connectivity index is 0.000000329. The Bertz CT molecular complexity index is 997. The molecule has 190 valence electrons. The molecule has 0 aromatic heterocycles. The number of rotatable bonds is 6. The molecule has 4 aromatic carbocycles. The molecule has 0 bridgehead atoms. The van der Waals surface area contributed by atoms with Crippen LogP contribution < -0.4 is 15.9 Å². The predicted octanol–water partition coefficient (Wildman–Crippen LogP) is 5.59. The number of nitrogens with zero attached hydrogens (tertiary/aromatic N) is 1. The normalized spacial score (nSPS) is 9.97. The smallest absolute Gasteiger partial charge is 0.481 e. The van der Waals surface area contributed by atoms with Crippen molar-refractivity contribution in [3.63, 3.8) is 0 Å². The molecule has 0 spiro atoms. The second-order valence-electron chi connectivity index (χ2n) is 8.39. The van der Waals surface area contributed by atoms with Gasteiger partial charge in [-0.05, 0) is 57.3 Å². The largest absolute Gasteiger partial charge is 2.00 e. The van der Waals surface area contributed by atoms with Crippen molar-refractivity contribution in [2.75, 3.05) is 7.05 Å². The van der Waals surface area contributed by atoms with Crippen LogP contribution in [0.5, 0.6) is 0 Å². The molecule has 1 N–H and O–H groups in total. The van der Waals surface area contributed by atoms with Crippen molar-refractivity contribution in [2.45, 2.75) is 33.4 Å². The van der Waals surface area contributed by atoms with Crippen LogP contribution in [-0.4, -0.2) is 29.1 Å². The topological polar surface area (TPSA) is 40.5 Å². The van der Waals surface area contributed by atoms with Crippen molar-refractivity contribution in [1.82, 2.24) is 4.90 Å². The van der Waals surface area contributed by atoms with Crippen molar-refractivity contribution >= 4 is 29.8 Å². The first kappa shape index (κ1) is 31.4. The monoisotopic (exact) mass is 591 g/mol. The summed E-state index contributed by atoms with van der Waals surface area (Å²) in [7, 11) is 1.25. The van der Waals surface area contributed by atoms with E-state index in [0.717, 1.165) is 13.5 Å². The zero-order valence-electron chi connectivity index (χ0n) is 21.4. The summed E-state index contributed by atoms with van der Waals surface area (Å²) in [5, 5.41) is 11.7. The third-order valence-corrected chi connectivity index (χ3v) is 7.99. The summed E-state index contributed by atoms with van der Waals surface area (Å²) in [5.74, 6) is -0.833. The molecule has 3 nitrogen and oxygen atoms in total. The quantitative estimate of drug-likeness (QED) is 0.181. The first-order chi connectivity index (χ1) is 16.9. The van der Waals surface area contributed by atoms with Crippen molar-refractivity contribution in [3.8, 4) is 0 Å². The molecule has 0 unspecified atom stereocenters. The molecule has 4 aromatic rings. The molecule has 36 heavy (non-hydrogen) atoms. The van der Waals surface area contributed by atoms with Gasteiger partial charge in [0.2, 0.25) is 0 Å². The summed E-state index contributed by atoms with van der Waals surface area (Å²) in [6.07, 6.45) is 0. The molecule has 0 aliphatic heterocycles. The molecular formula is C31H36NO2PPd+2. The van der Waals surface area contributed by atoms with Gasteiger partial charge in [-0.2, -0.15) is 30.3 Å². The summed E-state index contributed by atoms with van der Waals surface area (Å²) in [6.45, 7) is 6.46. The van der Waals surface area contributed by atoms with Gasteiger partial charge in [-0.3, -0.25) is 4.79 Å². The third kappa shape index (κ3) is 11.9. The van der Waals surface area contributed by atoms with E-state index in [1.807, 2.05) is 12.1 Å². The van der Waals surface area contributed by atoms with Gasteiger partial charge < -0.3 is 10.0 Å². The first-order valence-electron chi connectivity index (χ1n) is 11.8. The molecule has 0 saturated heterocycles. The van der Waals surface area contributed by atoms with Crippen LogP contribution in [0.1, 0.15) is 26.3 Å². The standard InChI is InChI=1S/C18H15P.C11H16N.C2H4O2.Pd/c1-4-10-16(11-5-1)19(17-12-6-2-7-13-17)18-14-8-3-9-15-18;1-10(2)12(3)9-11-7-5-4-6-8-11;1-2(3)4;/h1-15H;4-7,10H,9H2,1-3H3;1H3,(H,3,4);/q;-1;;+2/p+1. The number of carboxylic acids is 1. The Morgan fingerprint density at radius 1 is 0.778 bits per heavy atom. The number of carboxylic acid groups (broad SMARTS) is 1. The molecule has 0 aliphatic carbocycles. The molecule has 4 rings (SSSR count). The fraction of sp³-hybridized carbons (Fsp3) is 0.194. The van der Waals surface area contributed by atoms with Crippen LogP contribution in [-0.2, 0) is 31.8 Å². The van der Waals surface area contributed by atoms with Crippen LogP contribution >= 0.6 is 7.92 Å². The van der Waals surface area contributed by atoms with Crippen LogP contribution in [0.2, 0.25) is 0 Å². The zero-order valence-corrected chi connectivity index (χ0v) is 23.9. The SMILES string of the molecule is CC(=O)O.CC(C)N(C)Cc1[c-]cccc1.[Pd+2].c1ccc([PH+](c2ccccc2)c2ccccc2)cc1. The van der Waals surface area contributed by atoms with E-state index < -0.39 is 13.9 Å². The first-order valence-corrected chi connectivity index (χ1v) is 13.3. The number of benzene rings is 4. The van der Waals surface area contributed by atoms with E-state index in [2.05, 4.69) is 135 Å². The Labute approximate surface area is 231 Å². The van der Waals surface area contributed by atoms with Crippen molar-refractivity contribution in [1.29, 1.82) is 0 Å². The molecule has 0 atom stereocenters. The van der Waals surface area contributed by atoms with Crippen molar-refractivity contribution < 1.29 is 30.3 Å². The third-order valence-electron chi connectivity index (χ3n) is 5.26. The maximum absolute atomic E-state index is 9.00. The predicted molar refractivity (Wildman–Crippen MR) is 152 cm³/mol. The van der Waals surface area contributed by atoms with Crippen LogP contribution in [0.15, 0.2) is 115 Å². The van der Waals surface area contributed by atoms with Crippen LogP contribution in [0, 0.1) is 6.07 Å². The Hall–Kier alpha value is -2.60. The van der Waals surface area contributed by atoms with Gasteiger partial charge in [-0.15, -0.1) is 5.56 Å². The average molecular weight is 592 g/mol. The summed E-state index contributed by atoms with van der Waals surface area (Å²) < 4.78 is 0. The van der Waals surface area contributed by atoms with Gasteiger partial charge in [-0.25, -0.2) is 0 Å². The molecule has 0 heterocycles. The number of aliphatic carboxylic acids is 1. The van der Waals surface area contributed by atoms with Gasteiger partial charge in [0.15, 0.2) is 0 Å². The van der Waals surface area contributed by atoms with E-state index >= 15 is 0 Å². The maximum atomic E-state index is 9.00. The molecule has 0 aliphatic rings. The van der Waals surface area contributed by atoms with E-state index in [1.54, 1.807) is 0 Å². The van der Waals surface area contributed by atoms with Crippen LogP contribution in [0.25, 0.3) is 0 Å². The summed E-state index contributed by atoms with van der Waals surface area (Å²) in [6, 6.07) is 44.4. The van der Waals surface area contributed by atoms with Gasteiger partial charge in [0.25, 0.3) is 5.97 Å². The molecule has 0 saturated carbocycles. The zero-order chi connectivity index (χ0) is 25.5. The second kappa shape index (κ2) is 17.8. The van der Waals surface area contributed by atoms with Crippen LogP contribution in [0.3, 0.4) is 0 Å². The van der Waals surface area contributed by atoms with Gasteiger partial charge in [0.05, 0.1) is 7.92 Å². The Morgan fingerprint density at radius 2 is 1.14 bits per heavy atom. The molecule has 0 amide bonds. The molecule has 0 fully saturated rings. The van der Waals surface area contributed by atoms with Gasteiger partial charge in [0, 0.05) is 19.5 Å². The van der Waals surface area contributed by atoms with E-state index in [1.165, 1.54) is 21.5 Å². The number of hydrogen-bond donors (Lipinski definition) is 1. The average Bonchev–Trinajstić information content (AvgIpc) is 2.87. The molecule has 5 heteroatoms. The summed E-state index contributed by atoms with van der Waals surface area (Å²) in [5.41, 5.74) is 1.26. The van der Waals surface area contributed by atoms with E-state index in [-0.39, 0.29) is 20.4 Å². The van der Waals surface area contributed by atoms with Gasteiger partial charge >= 0.3 is 20.4 Å². The minimum Gasteiger partial charge on any atom is -0.481 e. The van der Waals surface area contributed by atoms with Crippen LogP contribution in [0.4, 0.5) is 0 Å². The minimum absolute atomic E-state index is 0. The fourth-order valence-corrected chi connectivity index (χ4v) is 5.87. The fourth-order valence-electron chi connectivity index (χ4n) is 3.29. The minimum atomic E-state index is -0.877. The van der Waals surface area contributed by atoms with E-state index in [0.29, 0.717) is 6.04 Å². The van der Waals surface area contributed by atoms with Gasteiger partial charge in [-0.1, -0.05) is 54.6 Å². The second-order valence-corrected chi connectivity index (χ2v) is 10.9. The summed E-state index contributed by atoms with van der Waals surface area (Å²) >= 11 is 0. The Morgan fingerprint density at radius 3 is 1.44 bits per heavy atom. The maximum Gasteiger partial charge on any atom is 2.00 e. The van der Waals surface area contributed by atoms with Gasteiger partial charge in [0.1, 0.15) is 15.9 Å². The van der Waals surface area contributed by atoms with E-state index in [4.69, 9.17) is 9.90 Å². The van der Waals surface area contributed by atoms with Crippen molar-refractivity contribution in [3.05, 3.63) is 127 Å². The number of carbonyl (C=O) groups is 1. The Kier molecular flexibility index (Phi) is 15.5. The summed E-state index contributed by atoms with van der Waals surface area (Å²) in [4.78, 5) is 11.3.